The number of aromatic nitrogens is 2. The average Bonchev–Trinajstić information content (AvgIpc) is 3.43. The van der Waals surface area contributed by atoms with Gasteiger partial charge in [0.05, 0.1) is 30.2 Å². The van der Waals surface area contributed by atoms with E-state index in [1.165, 1.54) is 16.6 Å². The number of halogens is 1. The molecule has 1 N–H and O–H groups in total. The van der Waals surface area contributed by atoms with Gasteiger partial charge in [0.15, 0.2) is 16.7 Å². The third-order valence-corrected chi connectivity index (χ3v) is 9.58. The lowest BCUT2D eigenvalue weighted by atomic mass is 9.97. The molecule has 0 spiro atoms. The summed E-state index contributed by atoms with van der Waals surface area (Å²) in [6.45, 7) is 0.390. The van der Waals surface area contributed by atoms with Crippen LogP contribution in [0.3, 0.4) is 0 Å². The SMILES string of the molecule is COc1ccc(C=NNC(=O)CSc2nc3sc4c(c3c(=O)n2-c2ccc(Cl)cc2)CCCC4)cc1OCc1ccccc1. The Balaban J connectivity index is 1.17. The molecular formula is C33H29ClN4O4S2. The number of carbonyl (C=O) groups is 1. The molecule has 0 radical (unpaired) electrons. The van der Waals surface area contributed by atoms with E-state index in [0.29, 0.717) is 39.4 Å². The summed E-state index contributed by atoms with van der Waals surface area (Å²) in [6, 6.07) is 22.3. The molecular weight excluding hydrogens is 616 g/mol. The van der Waals surface area contributed by atoms with Crippen molar-refractivity contribution in [3.05, 3.63) is 110 Å². The van der Waals surface area contributed by atoms with Gasteiger partial charge in [0.2, 0.25) is 0 Å². The van der Waals surface area contributed by atoms with Crippen molar-refractivity contribution in [2.24, 2.45) is 5.10 Å². The molecule has 3 aromatic carbocycles. The Hall–Kier alpha value is -4.12. The Labute approximate surface area is 267 Å². The summed E-state index contributed by atoms with van der Waals surface area (Å²) in [5, 5.41) is 5.83. The highest BCUT2D eigenvalue weighted by molar-refractivity contribution is 7.99. The van der Waals surface area contributed by atoms with Crippen LogP contribution in [0.4, 0.5) is 0 Å². The molecule has 0 saturated heterocycles. The van der Waals surface area contributed by atoms with Gasteiger partial charge in [-0.25, -0.2) is 10.4 Å². The van der Waals surface area contributed by atoms with Crippen LogP contribution in [0, 0.1) is 0 Å². The number of nitrogens with zero attached hydrogens (tertiary/aromatic N) is 3. The third kappa shape index (κ3) is 6.67. The van der Waals surface area contributed by atoms with Crippen molar-refractivity contribution in [1.82, 2.24) is 15.0 Å². The van der Waals surface area contributed by atoms with Gasteiger partial charge in [-0.15, -0.1) is 11.3 Å². The first-order valence-corrected chi connectivity index (χ1v) is 16.3. The van der Waals surface area contributed by atoms with E-state index >= 15 is 0 Å². The molecule has 0 bridgehead atoms. The molecule has 224 valence electrons. The van der Waals surface area contributed by atoms with Crippen LogP contribution in [0.5, 0.6) is 11.5 Å². The van der Waals surface area contributed by atoms with Crippen LogP contribution >= 0.6 is 34.7 Å². The third-order valence-electron chi connectivity index (χ3n) is 7.20. The van der Waals surface area contributed by atoms with Gasteiger partial charge in [-0.2, -0.15) is 5.10 Å². The minimum absolute atomic E-state index is 0.0159. The van der Waals surface area contributed by atoms with E-state index in [-0.39, 0.29) is 17.2 Å². The maximum Gasteiger partial charge on any atom is 0.267 e. The summed E-state index contributed by atoms with van der Waals surface area (Å²) in [7, 11) is 1.59. The van der Waals surface area contributed by atoms with Crippen LogP contribution in [-0.2, 0) is 24.2 Å². The molecule has 8 nitrogen and oxygen atoms in total. The second kappa shape index (κ2) is 13.7. The number of hydrazone groups is 1. The lowest BCUT2D eigenvalue weighted by Crippen LogP contribution is -2.24. The number of thiophene rings is 1. The largest absolute Gasteiger partial charge is 0.493 e. The molecule has 6 rings (SSSR count). The number of hydrogen-bond acceptors (Lipinski definition) is 8. The highest BCUT2D eigenvalue weighted by atomic mass is 35.5. The van der Waals surface area contributed by atoms with Crippen molar-refractivity contribution in [2.75, 3.05) is 12.9 Å². The quantitative estimate of drug-likeness (QED) is 0.0777. The Morgan fingerprint density at radius 2 is 1.89 bits per heavy atom. The van der Waals surface area contributed by atoms with E-state index in [1.807, 2.05) is 36.4 Å². The Bertz CT molecular complexity index is 1890. The number of aryl methyl sites for hydroxylation is 2. The van der Waals surface area contributed by atoms with Gasteiger partial charge in [-0.3, -0.25) is 14.2 Å². The maximum atomic E-state index is 13.9. The topological polar surface area (TPSA) is 94.8 Å². The molecule has 44 heavy (non-hydrogen) atoms. The molecule has 0 saturated carbocycles. The van der Waals surface area contributed by atoms with Crippen LogP contribution in [0.1, 0.15) is 34.4 Å². The first-order chi connectivity index (χ1) is 21.5. The van der Waals surface area contributed by atoms with Crippen LogP contribution < -0.4 is 20.5 Å². The molecule has 1 amide bonds. The molecule has 5 aromatic rings. The number of methoxy groups -OCH3 is 1. The fourth-order valence-electron chi connectivity index (χ4n) is 5.06. The van der Waals surface area contributed by atoms with E-state index in [0.717, 1.165) is 47.2 Å². The van der Waals surface area contributed by atoms with E-state index in [2.05, 4.69) is 10.5 Å². The van der Waals surface area contributed by atoms with Crippen molar-refractivity contribution < 1.29 is 14.3 Å². The van der Waals surface area contributed by atoms with Gasteiger partial charge < -0.3 is 9.47 Å². The van der Waals surface area contributed by atoms with Crippen molar-refractivity contribution in [1.29, 1.82) is 0 Å². The van der Waals surface area contributed by atoms with E-state index in [1.54, 1.807) is 65.6 Å². The average molecular weight is 645 g/mol. The molecule has 0 fully saturated rings. The number of rotatable bonds is 10. The van der Waals surface area contributed by atoms with Crippen LogP contribution in [0.25, 0.3) is 15.9 Å². The number of amides is 1. The molecule has 2 heterocycles. The molecule has 0 aliphatic heterocycles. The minimum Gasteiger partial charge on any atom is -0.493 e. The summed E-state index contributed by atoms with van der Waals surface area (Å²) in [5.41, 5.74) is 5.98. The first kappa shape index (κ1) is 29.9. The van der Waals surface area contributed by atoms with Gasteiger partial charge >= 0.3 is 0 Å². The summed E-state index contributed by atoms with van der Waals surface area (Å²) in [4.78, 5) is 33.5. The standard InChI is InChI=1S/C33H29ClN4O4S2/c1-41-26-16-11-22(17-27(26)42-19-21-7-3-2-4-8-21)18-35-37-29(39)20-43-33-36-31-30(25-9-5-6-10-28(25)44-31)32(40)38(33)24-14-12-23(34)13-15-24/h2-4,7-8,11-18H,5-6,9-10,19-20H2,1H3,(H,37,39). The fraction of sp³-hybridized carbons (Fsp3) is 0.212. The number of hydrogen-bond donors (Lipinski definition) is 1. The first-order valence-electron chi connectivity index (χ1n) is 14.1. The van der Waals surface area contributed by atoms with Gasteiger partial charge in [-0.05, 0) is 84.8 Å². The van der Waals surface area contributed by atoms with Crippen molar-refractivity contribution in [2.45, 2.75) is 37.4 Å². The van der Waals surface area contributed by atoms with E-state index in [4.69, 9.17) is 26.1 Å². The predicted molar refractivity (Wildman–Crippen MR) is 177 cm³/mol. The second-order valence-corrected chi connectivity index (χ2v) is 12.6. The normalized spacial score (nSPS) is 12.8. The number of fused-ring (bicyclic) bond motifs is 3. The Morgan fingerprint density at radius 1 is 1.09 bits per heavy atom. The molecule has 1 aliphatic rings. The number of benzene rings is 3. The Kier molecular flexibility index (Phi) is 9.30. The highest BCUT2D eigenvalue weighted by Crippen LogP contribution is 2.35. The van der Waals surface area contributed by atoms with E-state index < -0.39 is 0 Å². The van der Waals surface area contributed by atoms with Crippen LogP contribution in [-0.4, -0.2) is 34.5 Å². The molecule has 0 atom stereocenters. The number of carbonyl (C=O) groups excluding carboxylic acids is 1. The zero-order valence-electron chi connectivity index (χ0n) is 23.9. The zero-order chi connectivity index (χ0) is 30.5. The summed E-state index contributed by atoms with van der Waals surface area (Å²) >= 11 is 8.90. The van der Waals surface area contributed by atoms with Gasteiger partial charge in [0.1, 0.15) is 11.4 Å². The van der Waals surface area contributed by atoms with Crippen molar-refractivity contribution >= 4 is 57.0 Å². The van der Waals surface area contributed by atoms with Gasteiger partial charge in [-0.1, -0.05) is 53.7 Å². The van der Waals surface area contributed by atoms with Gasteiger partial charge in [0.25, 0.3) is 11.5 Å². The summed E-state index contributed by atoms with van der Waals surface area (Å²) < 4.78 is 13.0. The summed E-state index contributed by atoms with van der Waals surface area (Å²) in [5.74, 6) is 0.852. The summed E-state index contributed by atoms with van der Waals surface area (Å²) in [6.07, 6.45) is 5.57. The number of thioether (sulfide) groups is 1. The van der Waals surface area contributed by atoms with Crippen molar-refractivity contribution in [3.63, 3.8) is 0 Å². The Morgan fingerprint density at radius 3 is 2.68 bits per heavy atom. The highest BCUT2D eigenvalue weighted by Gasteiger charge is 2.23. The second-order valence-electron chi connectivity index (χ2n) is 10.2. The van der Waals surface area contributed by atoms with E-state index in [9.17, 15) is 9.59 Å². The van der Waals surface area contributed by atoms with Gasteiger partial charge in [0, 0.05) is 9.90 Å². The maximum absolute atomic E-state index is 13.9. The molecule has 0 unspecified atom stereocenters. The van der Waals surface area contributed by atoms with Crippen molar-refractivity contribution in [3.8, 4) is 17.2 Å². The lowest BCUT2D eigenvalue weighted by molar-refractivity contribution is -0.118. The smallest absolute Gasteiger partial charge is 0.267 e. The lowest BCUT2D eigenvalue weighted by Gasteiger charge is -2.13. The van der Waals surface area contributed by atoms with Crippen LogP contribution in [0.15, 0.2) is 87.8 Å². The fourth-order valence-corrected chi connectivity index (χ4v) is 7.30. The molecule has 2 aromatic heterocycles. The number of ether oxygens (including phenoxy) is 2. The predicted octanol–water partition coefficient (Wildman–Crippen LogP) is 6.81. The number of nitrogens with one attached hydrogen (secondary N) is 1. The zero-order valence-corrected chi connectivity index (χ0v) is 26.3. The molecule has 1 aliphatic carbocycles. The minimum atomic E-state index is -0.331. The monoisotopic (exact) mass is 644 g/mol. The molecule has 11 heteroatoms. The van der Waals surface area contributed by atoms with Crippen LogP contribution in [0.2, 0.25) is 5.02 Å².